The summed E-state index contributed by atoms with van der Waals surface area (Å²) in [7, 11) is 0. The molecule has 1 fully saturated rings. The van der Waals surface area contributed by atoms with Gasteiger partial charge in [0.25, 0.3) is 0 Å². The molecule has 1 saturated heterocycles. The van der Waals surface area contributed by atoms with Crippen molar-refractivity contribution in [2.45, 2.75) is 32.2 Å². The number of nitrogens with zero attached hydrogens (tertiary/aromatic N) is 4. The third-order valence-corrected chi connectivity index (χ3v) is 4.23. The largest absolute Gasteiger partial charge is 0.493 e. The number of amides is 1. The second-order valence-corrected chi connectivity index (χ2v) is 5.88. The summed E-state index contributed by atoms with van der Waals surface area (Å²) < 4.78 is 7.57. The Morgan fingerprint density at radius 1 is 1.39 bits per heavy atom. The topological polar surface area (TPSA) is 60.2 Å². The Morgan fingerprint density at radius 2 is 2.26 bits per heavy atom. The zero-order chi connectivity index (χ0) is 16.1. The number of carbonyl (C=O) groups excluding carboxylic acids is 1. The molecule has 0 aliphatic carbocycles. The van der Waals surface area contributed by atoms with Gasteiger partial charge in [0.05, 0.1) is 19.1 Å². The minimum Gasteiger partial charge on any atom is -0.493 e. The number of aryl methyl sites for hydroxylation is 1. The first-order chi connectivity index (χ1) is 11.2. The molecule has 6 heteroatoms. The Balaban J connectivity index is 1.49. The van der Waals surface area contributed by atoms with E-state index >= 15 is 0 Å². The summed E-state index contributed by atoms with van der Waals surface area (Å²) in [6, 6.07) is 8.09. The highest BCUT2D eigenvalue weighted by Gasteiger charge is 2.24. The van der Waals surface area contributed by atoms with Crippen LogP contribution >= 0.6 is 0 Å². The molecule has 2 aromatic rings. The Kier molecular flexibility index (Phi) is 4.90. The van der Waals surface area contributed by atoms with Crippen LogP contribution in [0.15, 0.2) is 36.9 Å². The van der Waals surface area contributed by atoms with Gasteiger partial charge in [-0.3, -0.25) is 4.79 Å². The number of likely N-dealkylation sites (tertiary alicyclic amines) is 1. The molecule has 0 radical (unpaired) electrons. The zero-order valence-corrected chi connectivity index (χ0v) is 13.4. The van der Waals surface area contributed by atoms with Crippen LogP contribution in [0.25, 0.3) is 0 Å². The number of aromatic nitrogens is 3. The van der Waals surface area contributed by atoms with E-state index in [1.54, 1.807) is 6.33 Å². The molecule has 23 heavy (non-hydrogen) atoms. The minimum absolute atomic E-state index is 0.142. The third kappa shape index (κ3) is 3.88. The second-order valence-electron chi connectivity index (χ2n) is 5.88. The molecule has 0 bridgehead atoms. The Labute approximate surface area is 136 Å². The van der Waals surface area contributed by atoms with Crippen molar-refractivity contribution < 1.29 is 9.53 Å². The fourth-order valence-electron chi connectivity index (χ4n) is 2.93. The molecular formula is C17H22N4O2. The van der Waals surface area contributed by atoms with E-state index in [4.69, 9.17) is 4.74 Å². The Morgan fingerprint density at radius 3 is 3.04 bits per heavy atom. The molecule has 1 amide bonds. The van der Waals surface area contributed by atoms with Crippen molar-refractivity contribution in [2.75, 3.05) is 19.7 Å². The first-order valence-corrected chi connectivity index (χ1v) is 8.04. The van der Waals surface area contributed by atoms with Gasteiger partial charge >= 0.3 is 0 Å². The predicted molar refractivity (Wildman–Crippen MR) is 86.2 cm³/mol. The first kappa shape index (κ1) is 15.5. The van der Waals surface area contributed by atoms with E-state index in [-0.39, 0.29) is 11.9 Å². The SMILES string of the molecule is Cc1ccccc1OCCC(=O)N1CCC[C@@H](n2cncn2)C1. The molecule has 0 saturated carbocycles. The number of hydrogen-bond donors (Lipinski definition) is 0. The van der Waals surface area contributed by atoms with Crippen molar-refractivity contribution in [1.29, 1.82) is 0 Å². The quantitative estimate of drug-likeness (QED) is 0.849. The maximum Gasteiger partial charge on any atom is 0.226 e. The van der Waals surface area contributed by atoms with Crippen LogP contribution in [0, 0.1) is 6.92 Å². The molecule has 3 rings (SSSR count). The van der Waals surface area contributed by atoms with E-state index in [0.717, 1.165) is 30.7 Å². The number of carbonyl (C=O) groups is 1. The fourth-order valence-corrected chi connectivity index (χ4v) is 2.93. The maximum absolute atomic E-state index is 12.4. The van der Waals surface area contributed by atoms with Gasteiger partial charge in [-0.25, -0.2) is 9.67 Å². The van der Waals surface area contributed by atoms with Gasteiger partial charge in [0.1, 0.15) is 18.4 Å². The first-order valence-electron chi connectivity index (χ1n) is 8.04. The van der Waals surface area contributed by atoms with E-state index in [9.17, 15) is 4.79 Å². The number of piperidine rings is 1. The van der Waals surface area contributed by atoms with E-state index in [1.165, 1.54) is 6.33 Å². The van der Waals surface area contributed by atoms with E-state index < -0.39 is 0 Å². The van der Waals surface area contributed by atoms with Crippen LogP contribution < -0.4 is 4.74 Å². The van der Waals surface area contributed by atoms with Crippen molar-refractivity contribution in [2.24, 2.45) is 0 Å². The predicted octanol–water partition coefficient (Wildman–Crippen LogP) is 2.22. The highest BCUT2D eigenvalue weighted by molar-refractivity contribution is 5.76. The van der Waals surface area contributed by atoms with Crippen LogP contribution in [-0.2, 0) is 4.79 Å². The molecule has 1 aromatic heterocycles. The lowest BCUT2D eigenvalue weighted by Gasteiger charge is -2.32. The van der Waals surface area contributed by atoms with E-state index in [0.29, 0.717) is 19.6 Å². The summed E-state index contributed by atoms with van der Waals surface area (Å²) in [6.07, 6.45) is 5.69. The molecule has 122 valence electrons. The van der Waals surface area contributed by atoms with Crippen LogP contribution in [0.2, 0.25) is 0 Å². The van der Waals surface area contributed by atoms with Crippen LogP contribution in [0.5, 0.6) is 5.75 Å². The average molecular weight is 314 g/mol. The summed E-state index contributed by atoms with van der Waals surface area (Å²) >= 11 is 0. The zero-order valence-electron chi connectivity index (χ0n) is 13.4. The molecule has 0 N–H and O–H groups in total. The number of benzene rings is 1. The van der Waals surface area contributed by atoms with Crippen LogP contribution in [0.3, 0.4) is 0 Å². The van der Waals surface area contributed by atoms with Crippen LogP contribution in [0.1, 0.15) is 30.9 Å². The number of rotatable bonds is 5. The van der Waals surface area contributed by atoms with Gasteiger partial charge in [-0.15, -0.1) is 0 Å². The number of ether oxygens (including phenoxy) is 1. The summed E-state index contributed by atoms with van der Waals surface area (Å²) in [5, 5.41) is 4.19. The molecular weight excluding hydrogens is 292 g/mol. The summed E-state index contributed by atoms with van der Waals surface area (Å²) in [5.74, 6) is 0.989. The van der Waals surface area contributed by atoms with Gasteiger partial charge in [-0.05, 0) is 31.4 Å². The summed E-state index contributed by atoms with van der Waals surface area (Å²) in [6.45, 7) is 3.93. The van der Waals surface area contributed by atoms with Crippen molar-refractivity contribution in [3.8, 4) is 5.75 Å². The lowest BCUT2D eigenvalue weighted by molar-refractivity contribution is -0.133. The molecule has 1 atom stereocenters. The van der Waals surface area contributed by atoms with Gasteiger partial charge in [-0.1, -0.05) is 18.2 Å². The molecule has 1 aliphatic heterocycles. The monoisotopic (exact) mass is 314 g/mol. The number of para-hydroxylation sites is 1. The van der Waals surface area contributed by atoms with Crippen molar-refractivity contribution >= 4 is 5.91 Å². The van der Waals surface area contributed by atoms with Gasteiger partial charge in [-0.2, -0.15) is 5.10 Å². The molecule has 2 heterocycles. The van der Waals surface area contributed by atoms with E-state index in [1.807, 2.05) is 40.8 Å². The average Bonchev–Trinajstić information content (AvgIpc) is 3.11. The van der Waals surface area contributed by atoms with Gasteiger partial charge < -0.3 is 9.64 Å². The van der Waals surface area contributed by atoms with Crippen molar-refractivity contribution in [1.82, 2.24) is 19.7 Å². The molecule has 0 spiro atoms. The Hall–Kier alpha value is -2.37. The van der Waals surface area contributed by atoms with Crippen LogP contribution in [0.4, 0.5) is 0 Å². The lowest BCUT2D eigenvalue weighted by atomic mass is 10.1. The lowest BCUT2D eigenvalue weighted by Crippen LogP contribution is -2.41. The molecule has 0 unspecified atom stereocenters. The molecule has 1 aliphatic rings. The van der Waals surface area contributed by atoms with Crippen molar-refractivity contribution in [3.05, 3.63) is 42.5 Å². The third-order valence-electron chi connectivity index (χ3n) is 4.23. The maximum atomic E-state index is 12.4. The van der Waals surface area contributed by atoms with E-state index in [2.05, 4.69) is 10.1 Å². The normalized spacial score (nSPS) is 18.0. The summed E-state index contributed by atoms with van der Waals surface area (Å²) in [4.78, 5) is 18.3. The standard InChI is InChI=1S/C17H22N4O2/c1-14-5-2-3-7-16(14)23-10-8-17(22)20-9-4-6-15(11-20)21-13-18-12-19-21/h2-3,5,7,12-13,15H,4,6,8-11H2,1H3/t15-/m1/s1. The molecule has 6 nitrogen and oxygen atoms in total. The number of hydrogen-bond acceptors (Lipinski definition) is 4. The minimum atomic E-state index is 0.142. The second kappa shape index (κ2) is 7.26. The summed E-state index contributed by atoms with van der Waals surface area (Å²) in [5.41, 5.74) is 1.09. The molecule has 1 aromatic carbocycles. The fraction of sp³-hybridized carbons (Fsp3) is 0.471. The Bertz CT molecular complexity index is 642. The van der Waals surface area contributed by atoms with Gasteiger partial charge in [0, 0.05) is 13.1 Å². The van der Waals surface area contributed by atoms with Crippen LogP contribution in [-0.4, -0.2) is 45.3 Å². The highest BCUT2D eigenvalue weighted by Crippen LogP contribution is 2.21. The highest BCUT2D eigenvalue weighted by atomic mass is 16.5. The smallest absolute Gasteiger partial charge is 0.226 e. The van der Waals surface area contributed by atoms with Gasteiger partial charge in [0.15, 0.2) is 0 Å². The van der Waals surface area contributed by atoms with Crippen molar-refractivity contribution in [3.63, 3.8) is 0 Å². The van der Waals surface area contributed by atoms with Gasteiger partial charge in [0.2, 0.25) is 5.91 Å².